The molecule has 1 atom stereocenters. The van der Waals surface area contributed by atoms with Gasteiger partial charge in [0, 0.05) is 12.6 Å². The maximum atomic E-state index is 12.7. The van der Waals surface area contributed by atoms with E-state index in [1.54, 1.807) is 39.5 Å². The molecular weight excluding hydrogens is 468 g/mol. The molecular formula is C25H32N4O5S. The first-order valence-electron chi connectivity index (χ1n) is 11.2. The minimum Gasteiger partial charge on any atom is -0.497 e. The first kappa shape index (κ1) is 26.2. The third-order valence-corrected chi connectivity index (χ3v) is 6.01. The SMILES string of the molecule is COc1ccc(OC)c(NC(=O)CSc2nnc(C(C)Oc3ccccc3OC)n2CC(C)C)c1. The molecule has 3 aromatic rings. The van der Waals surface area contributed by atoms with E-state index in [1.807, 2.05) is 35.8 Å². The number of nitrogens with zero attached hydrogens (tertiary/aromatic N) is 3. The molecule has 0 radical (unpaired) electrons. The summed E-state index contributed by atoms with van der Waals surface area (Å²) in [7, 11) is 4.73. The van der Waals surface area contributed by atoms with Crippen molar-refractivity contribution in [1.29, 1.82) is 0 Å². The molecule has 1 N–H and O–H groups in total. The van der Waals surface area contributed by atoms with E-state index >= 15 is 0 Å². The first-order valence-corrected chi connectivity index (χ1v) is 12.2. The van der Waals surface area contributed by atoms with E-state index in [0.717, 1.165) is 0 Å². The summed E-state index contributed by atoms with van der Waals surface area (Å²) in [5.74, 6) is 3.44. The molecule has 0 fully saturated rings. The van der Waals surface area contributed by atoms with Gasteiger partial charge in [0.05, 0.1) is 32.8 Å². The highest BCUT2D eigenvalue weighted by molar-refractivity contribution is 7.99. The minimum atomic E-state index is -0.373. The van der Waals surface area contributed by atoms with Crippen molar-refractivity contribution < 1.29 is 23.7 Å². The van der Waals surface area contributed by atoms with Crippen LogP contribution in [0.15, 0.2) is 47.6 Å². The Bertz CT molecular complexity index is 1130. The largest absolute Gasteiger partial charge is 0.497 e. The van der Waals surface area contributed by atoms with Crippen LogP contribution in [0.4, 0.5) is 5.69 Å². The van der Waals surface area contributed by atoms with Gasteiger partial charge in [-0.1, -0.05) is 37.7 Å². The van der Waals surface area contributed by atoms with E-state index in [9.17, 15) is 4.79 Å². The smallest absolute Gasteiger partial charge is 0.234 e. The van der Waals surface area contributed by atoms with Crippen molar-refractivity contribution in [2.24, 2.45) is 5.92 Å². The number of para-hydroxylation sites is 2. The summed E-state index contributed by atoms with van der Waals surface area (Å²) in [5, 5.41) is 12.3. The van der Waals surface area contributed by atoms with Crippen molar-refractivity contribution in [1.82, 2.24) is 14.8 Å². The fourth-order valence-electron chi connectivity index (χ4n) is 3.43. The summed E-state index contributed by atoms with van der Waals surface area (Å²) in [6.07, 6.45) is -0.373. The van der Waals surface area contributed by atoms with Crippen molar-refractivity contribution in [3.8, 4) is 23.0 Å². The number of ether oxygens (including phenoxy) is 4. The summed E-state index contributed by atoms with van der Waals surface area (Å²) in [6.45, 7) is 6.84. The standard InChI is InChI=1S/C25H32N4O5S/c1-16(2)14-29-24(17(3)34-22-10-8-7-9-21(22)33-6)27-28-25(29)35-15-23(30)26-19-13-18(31-4)11-12-20(19)32-5/h7-13,16-17H,14-15H2,1-6H3,(H,26,30). The number of carbonyl (C=O) groups excluding carboxylic acids is 1. The van der Waals surface area contributed by atoms with Gasteiger partial charge in [-0.25, -0.2) is 0 Å². The van der Waals surface area contributed by atoms with Gasteiger partial charge < -0.3 is 28.8 Å². The van der Waals surface area contributed by atoms with Crippen LogP contribution in [0.2, 0.25) is 0 Å². The Hall–Kier alpha value is -3.40. The number of hydrogen-bond acceptors (Lipinski definition) is 8. The molecule has 1 heterocycles. The van der Waals surface area contributed by atoms with Crippen molar-refractivity contribution in [3.05, 3.63) is 48.3 Å². The fourth-order valence-corrected chi connectivity index (χ4v) is 4.19. The lowest BCUT2D eigenvalue weighted by atomic mass is 10.2. The van der Waals surface area contributed by atoms with Gasteiger partial charge in [0.1, 0.15) is 11.5 Å². The van der Waals surface area contributed by atoms with Crippen molar-refractivity contribution in [2.45, 2.75) is 38.6 Å². The molecule has 10 heteroatoms. The quantitative estimate of drug-likeness (QED) is 0.353. The van der Waals surface area contributed by atoms with Crippen LogP contribution >= 0.6 is 11.8 Å². The molecule has 35 heavy (non-hydrogen) atoms. The lowest BCUT2D eigenvalue weighted by molar-refractivity contribution is -0.113. The molecule has 0 saturated heterocycles. The zero-order valence-electron chi connectivity index (χ0n) is 20.9. The minimum absolute atomic E-state index is 0.151. The van der Waals surface area contributed by atoms with Gasteiger partial charge in [0.25, 0.3) is 0 Å². The molecule has 0 spiro atoms. The zero-order chi connectivity index (χ0) is 25.4. The molecule has 1 unspecified atom stereocenters. The fraction of sp³-hybridized carbons (Fsp3) is 0.400. The van der Waals surface area contributed by atoms with Gasteiger partial charge in [-0.15, -0.1) is 10.2 Å². The zero-order valence-corrected chi connectivity index (χ0v) is 21.7. The van der Waals surface area contributed by atoms with E-state index in [1.165, 1.54) is 11.8 Å². The second-order valence-corrected chi connectivity index (χ2v) is 9.10. The van der Waals surface area contributed by atoms with E-state index < -0.39 is 0 Å². The first-order chi connectivity index (χ1) is 16.9. The Morgan fingerprint density at radius 1 is 0.971 bits per heavy atom. The van der Waals surface area contributed by atoms with Crippen LogP contribution in [-0.4, -0.2) is 47.8 Å². The number of amides is 1. The monoisotopic (exact) mass is 500 g/mol. The van der Waals surface area contributed by atoms with Gasteiger partial charge in [0.15, 0.2) is 28.6 Å². The number of anilines is 1. The molecule has 0 aliphatic rings. The van der Waals surface area contributed by atoms with Gasteiger partial charge in [-0.2, -0.15) is 0 Å². The Kier molecular flexibility index (Phi) is 9.25. The molecule has 0 aliphatic heterocycles. The van der Waals surface area contributed by atoms with Crippen LogP contribution in [0.25, 0.3) is 0 Å². The maximum Gasteiger partial charge on any atom is 0.234 e. The van der Waals surface area contributed by atoms with Crippen molar-refractivity contribution >= 4 is 23.4 Å². The Balaban J connectivity index is 1.73. The highest BCUT2D eigenvalue weighted by atomic mass is 32.2. The van der Waals surface area contributed by atoms with Crippen LogP contribution in [0, 0.1) is 5.92 Å². The van der Waals surface area contributed by atoms with E-state index in [-0.39, 0.29) is 17.8 Å². The molecule has 2 aromatic carbocycles. The van der Waals surface area contributed by atoms with Gasteiger partial charge in [0.2, 0.25) is 5.91 Å². The highest BCUT2D eigenvalue weighted by Crippen LogP contribution is 2.32. The number of aromatic nitrogens is 3. The van der Waals surface area contributed by atoms with Crippen LogP contribution in [-0.2, 0) is 11.3 Å². The Morgan fingerprint density at radius 2 is 1.69 bits per heavy atom. The summed E-state index contributed by atoms with van der Waals surface area (Å²) >= 11 is 1.32. The number of methoxy groups -OCH3 is 3. The average Bonchev–Trinajstić information content (AvgIpc) is 3.24. The van der Waals surface area contributed by atoms with E-state index in [0.29, 0.717) is 52.1 Å². The van der Waals surface area contributed by atoms with Crippen LogP contribution in [0.5, 0.6) is 23.0 Å². The Morgan fingerprint density at radius 3 is 2.34 bits per heavy atom. The lowest BCUT2D eigenvalue weighted by Gasteiger charge is -2.19. The van der Waals surface area contributed by atoms with Crippen LogP contribution in [0.3, 0.4) is 0 Å². The van der Waals surface area contributed by atoms with Gasteiger partial charge in [-0.05, 0) is 37.1 Å². The predicted molar refractivity (Wildman–Crippen MR) is 136 cm³/mol. The topological polar surface area (TPSA) is 96.7 Å². The van der Waals surface area contributed by atoms with Crippen molar-refractivity contribution in [3.63, 3.8) is 0 Å². The molecule has 1 aromatic heterocycles. The number of nitrogens with one attached hydrogen (secondary N) is 1. The number of benzene rings is 2. The number of carbonyl (C=O) groups is 1. The molecule has 3 rings (SSSR count). The predicted octanol–water partition coefficient (Wildman–Crippen LogP) is 4.83. The second-order valence-electron chi connectivity index (χ2n) is 8.16. The Labute approximate surface area is 210 Å². The molecule has 188 valence electrons. The normalized spacial score (nSPS) is 11.7. The molecule has 1 amide bonds. The van der Waals surface area contributed by atoms with Crippen LogP contribution < -0.4 is 24.3 Å². The summed E-state index contributed by atoms with van der Waals surface area (Å²) < 4.78 is 24.1. The molecule has 0 saturated carbocycles. The van der Waals surface area contributed by atoms with Gasteiger partial charge >= 0.3 is 0 Å². The molecule has 0 bridgehead atoms. The third kappa shape index (κ3) is 6.82. The van der Waals surface area contributed by atoms with Crippen molar-refractivity contribution in [2.75, 3.05) is 32.4 Å². The molecule has 9 nitrogen and oxygen atoms in total. The third-order valence-electron chi connectivity index (χ3n) is 5.04. The van der Waals surface area contributed by atoms with Gasteiger partial charge in [-0.3, -0.25) is 4.79 Å². The maximum absolute atomic E-state index is 12.7. The lowest BCUT2D eigenvalue weighted by Crippen LogP contribution is -2.17. The number of rotatable bonds is 12. The summed E-state index contributed by atoms with van der Waals surface area (Å²) in [6, 6.07) is 12.7. The average molecular weight is 501 g/mol. The second kappa shape index (κ2) is 12.3. The van der Waals surface area contributed by atoms with E-state index in [2.05, 4.69) is 29.4 Å². The number of thioether (sulfide) groups is 1. The number of hydrogen-bond donors (Lipinski definition) is 1. The highest BCUT2D eigenvalue weighted by Gasteiger charge is 2.22. The summed E-state index contributed by atoms with van der Waals surface area (Å²) in [4.78, 5) is 12.7. The van der Waals surface area contributed by atoms with Crippen LogP contribution in [0.1, 0.15) is 32.7 Å². The van der Waals surface area contributed by atoms with E-state index in [4.69, 9.17) is 18.9 Å². The molecule has 0 aliphatic carbocycles. The summed E-state index contributed by atoms with van der Waals surface area (Å²) in [5.41, 5.74) is 0.542.